The number of nitro benzene ring substituents is 1. The number of hydrogen-bond donors (Lipinski definition) is 1. The van der Waals surface area contributed by atoms with Crippen molar-refractivity contribution in [2.45, 2.75) is 12.8 Å². The Bertz CT molecular complexity index is 924. The molecule has 1 amide bonds. The molecule has 1 saturated heterocycles. The molecular weight excluding hydrogens is 378 g/mol. The highest BCUT2D eigenvalue weighted by atomic mass is 16.6. The first-order valence-electron chi connectivity index (χ1n) is 9.12. The fourth-order valence-corrected chi connectivity index (χ4v) is 3.14. The van der Waals surface area contributed by atoms with E-state index in [0.717, 1.165) is 31.6 Å². The lowest BCUT2D eigenvalue weighted by molar-refractivity contribution is -0.384. The van der Waals surface area contributed by atoms with Gasteiger partial charge >= 0.3 is 5.97 Å². The fourth-order valence-electron chi connectivity index (χ4n) is 3.14. The molecule has 2 aromatic carbocycles. The van der Waals surface area contributed by atoms with E-state index in [4.69, 9.17) is 9.47 Å². The van der Waals surface area contributed by atoms with Crippen molar-refractivity contribution in [2.75, 3.05) is 37.0 Å². The third-order valence-corrected chi connectivity index (χ3v) is 4.54. The number of carbonyl (C=O) groups excluding carboxylic acids is 2. The number of hydrogen-bond acceptors (Lipinski definition) is 7. The number of esters is 1. The fraction of sp³-hybridized carbons (Fsp3) is 0.300. The molecule has 2 aromatic rings. The quantitative estimate of drug-likeness (QED) is 0.433. The van der Waals surface area contributed by atoms with E-state index in [1.807, 2.05) is 0 Å². The van der Waals surface area contributed by atoms with Crippen molar-refractivity contribution in [3.05, 3.63) is 58.1 Å². The maximum Gasteiger partial charge on any atom is 0.337 e. The number of nitrogens with one attached hydrogen (secondary N) is 1. The number of amides is 1. The molecule has 1 fully saturated rings. The van der Waals surface area contributed by atoms with Crippen molar-refractivity contribution >= 4 is 28.9 Å². The van der Waals surface area contributed by atoms with Crippen molar-refractivity contribution in [1.29, 1.82) is 0 Å². The Balaban J connectivity index is 1.73. The Morgan fingerprint density at radius 3 is 2.62 bits per heavy atom. The lowest BCUT2D eigenvalue weighted by Crippen LogP contribution is -2.24. The summed E-state index contributed by atoms with van der Waals surface area (Å²) in [5.41, 5.74) is 1.51. The Morgan fingerprint density at radius 2 is 1.93 bits per heavy atom. The second kappa shape index (κ2) is 9.05. The van der Waals surface area contributed by atoms with Gasteiger partial charge in [-0.15, -0.1) is 0 Å². The molecule has 0 radical (unpaired) electrons. The van der Waals surface area contributed by atoms with Crippen LogP contribution in [-0.4, -0.2) is 43.6 Å². The molecule has 29 heavy (non-hydrogen) atoms. The van der Waals surface area contributed by atoms with E-state index >= 15 is 0 Å². The third kappa shape index (κ3) is 5.01. The molecule has 3 rings (SSSR count). The second-order valence-corrected chi connectivity index (χ2v) is 6.51. The minimum atomic E-state index is -0.534. The van der Waals surface area contributed by atoms with Crippen LogP contribution in [0, 0.1) is 10.1 Å². The van der Waals surface area contributed by atoms with Crippen molar-refractivity contribution in [2.24, 2.45) is 0 Å². The van der Waals surface area contributed by atoms with E-state index in [9.17, 15) is 19.7 Å². The van der Waals surface area contributed by atoms with Crippen LogP contribution in [0.3, 0.4) is 0 Å². The van der Waals surface area contributed by atoms with Gasteiger partial charge in [0.05, 0.1) is 35.0 Å². The van der Waals surface area contributed by atoms with Crippen molar-refractivity contribution in [3.63, 3.8) is 0 Å². The summed E-state index contributed by atoms with van der Waals surface area (Å²) in [5, 5.41) is 13.6. The zero-order valence-corrected chi connectivity index (χ0v) is 15.9. The standard InChI is InChI=1S/C20H21N3O6/c1-28-20(25)14-7-8-18(22-9-2-3-10-22)17(11-14)21-19(24)13-29-16-6-4-5-15(12-16)23(26)27/h4-8,11-12H,2-3,9-10,13H2,1H3,(H,21,24). The lowest BCUT2D eigenvalue weighted by Gasteiger charge is -2.22. The van der Waals surface area contributed by atoms with Gasteiger partial charge in [-0.05, 0) is 37.1 Å². The van der Waals surface area contributed by atoms with Crippen molar-refractivity contribution in [3.8, 4) is 5.75 Å². The molecule has 1 N–H and O–H groups in total. The van der Waals surface area contributed by atoms with E-state index in [1.54, 1.807) is 18.2 Å². The Hall–Kier alpha value is -3.62. The molecule has 9 heteroatoms. The predicted octanol–water partition coefficient (Wildman–Crippen LogP) is 3.00. The molecule has 0 atom stereocenters. The first-order valence-corrected chi connectivity index (χ1v) is 9.12. The van der Waals surface area contributed by atoms with Gasteiger partial charge in [0.1, 0.15) is 5.75 Å². The summed E-state index contributed by atoms with van der Waals surface area (Å²) in [6, 6.07) is 10.6. The van der Waals surface area contributed by atoms with Crippen LogP contribution in [0.25, 0.3) is 0 Å². The van der Waals surface area contributed by atoms with Crippen LogP contribution in [0.15, 0.2) is 42.5 Å². The number of nitro groups is 1. The topological polar surface area (TPSA) is 111 Å². The van der Waals surface area contributed by atoms with Gasteiger partial charge in [0.25, 0.3) is 11.6 Å². The number of rotatable bonds is 7. The van der Waals surface area contributed by atoms with E-state index in [2.05, 4.69) is 10.2 Å². The third-order valence-electron chi connectivity index (χ3n) is 4.54. The summed E-state index contributed by atoms with van der Waals surface area (Å²) in [6.45, 7) is 1.40. The van der Waals surface area contributed by atoms with Gasteiger partial charge < -0.3 is 19.7 Å². The Kier molecular flexibility index (Phi) is 6.28. The van der Waals surface area contributed by atoms with Crippen LogP contribution in [0.4, 0.5) is 17.1 Å². The zero-order valence-electron chi connectivity index (χ0n) is 15.9. The SMILES string of the molecule is COC(=O)c1ccc(N2CCCC2)c(NC(=O)COc2cccc([N+](=O)[O-])c2)c1. The molecule has 0 spiro atoms. The number of non-ortho nitro benzene ring substituents is 1. The number of benzene rings is 2. The predicted molar refractivity (Wildman–Crippen MR) is 106 cm³/mol. The highest BCUT2D eigenvalue weighted by Gasteiger charge is 2.19. The van der Waals surface area contributed by atoms with Crippen LogP contribution in [0.1, 0.15) is 23.2 Å². The van der Waals surface area contributed by atoms with Crippen LogP contribution in [0.5, 0.6) is 5.75 Å². The summed E-state index contributed by atoms with van der Waals surface area (Å²) in [4.78, 5) is 36.7. The average molecular weight is 399 g/mol. The maximum atomic E-state index is 12.4. The second-order valence-electron chi connectivity index (χ2n) is 6.51. The summed E-state index contributed by atoms with van der Waals surface area (Å²) in [6.07, 6.45) is 2.12. The minimum absolute atomic E-state index is 0.120. The number of nitrogens with zero attached hydrogens (tertiary/aromatic N) is 2. The average Bonchev–Trinajstić information content (AvgIpc) is 3.26. The first-order chi connectivity index (χ1) is 14.0. The van der Waals surface area contributed by atoms with Crippen LogP contribution in [0.2, 0.25) is 0 Å². The van der Waals surface area contributed by atoms with E-state index < -0.39 is 16.8 Å². The highest BCUT2D eigenvalue weighted by molar-refractivity contribution is 5.98. The molecule has 1 aliphatic rings. The summed E-state index contributed by atoms with van der Waals surface area (Å²) in [7, 11) is 1.29. The summed E-state index contributed by atoms with van der Waals surface area (Å²) >= 11 is 0. The largest absolute Gasteiger partial charge is 0.484 e. The van der Waals surface area contributed by atoms with Gasteiger partial charge in [0.2, 0.25) is 0 Å². The molecule has 9 nitrogen and oxygen atoms in total. The molecule has 152 valence electrons. The van der Waals surface area contributed by atoms with Crippen molar-refractivity contribution in [1.82, 2.24) is 0 Å². The molecule has 1 heterocycles. The summed E-state index contributed by atoms with van der Waals surface area (Å²) < 4.78 is 10.1. The molecule has 0 bridgehead atoms. The van der Waals surface area contributed by atoms with Crippen LogP contribution >= 0.6 is 0 Å². The normalized spacial score (nSPS) is 13.1. The van der Waals surface area contributed by atoms with E-state index in [1.165, 1.54) is 31.4 Å². The Labute approximate surface area is 167 Å². The molecule has 0 aromatic heterocycles. The summed E-state index contributed by atoms with van der Waals surface area (Å²) in [5.74, 6) is -0.724. The smallest absolute Gasteiger partial charge is 0.337 e. The van der Waals surface area contributed by atoms with Gasteiger partial charge in [-0.3, -0.25) is 14.9 Å². The molecule has 0 saturated carbocycles. The number of anilines is 2. The molecule has 1 aliphatic heterocycles. The maximum absolute atomic E-state index is 12.4. The van der Waals surface area contributed by atoms with Gasteiger partial charge in [0.15, 0.2) is 6.61 Å². The molecular formula is C20H21N3O6. The van der Waals surface area contributed by atoms with Crippen molar-refractivity contribution < 1.29 is 24.0 Å². The highest BCUT2D eigenvalue weighted by Crippen LogP contribution is 2.30. The zero-order chi connectivity index (χ0) is 20.8. The van der Waals surface area contributed by atoms with E-state index in [-0.39, 0.29) is 18.0 Å². The number of carbonyl (C=O) groups is 2. The van der Waals surface area contributed by atoms with Crippen LogP contribution in [-0.2, 0) is 9.53 Å². The monoisotopic (exact) mass is 399 g/mol. The van der Waals surface area contributed by atoms with Gasteiger partial charge in [-0.1, -0.05) is 6.07 Å². The van der Waals surface area contributed by atoms with Gasteiger partial charge in [0, 0.05) is 19.2 Å². The Morgan fingerprint density at radius 1 is 1.17 bits per heavy atom. The lowest BCUT2D eigenvalue weighted by atomic mass is 10.1. The van der Waals surface area contributed by atoms with E-state index in [0.29, 0.717) is 11.3 Å². The molecule has 0 unspecified atom stereocenters. The number of ether oxygens (including phenoxy) is 2. The molecule has 0 aliphatic carbocycles. The van der Waals surface area contributed by atoms with Gasteiger partial charge in [-0.2, -0.15) is 0 Å². The number of methoxy groups -OCH3 is 1. The van der Waals surface area contributed by atoms with Gasteiger partial charge in [-0.25, -0.2) is 4.79 Å². The first kappa shape index (κ1) is 20.1. The minimum Gasteiger partial charge on any atom is -0.484 e. The van der Waals surface area contributed by atoms with Crippen LogP contribution < -0.4 is 15.0 Å².